The third kappa shape index (κ3) is 4.00. The maximum Gasteiger partial charge on any atom is 0.191 e. The Labute approximate surface area is 155 Å². The van der Waals surface area contributed by atoms with Gasteiger partial charge in [0.2, 0.25) is 0 Å². The van der Waals surface area contributed by atoms with Crippen molar-refractivity contribution in [3.63, 3.8) is 0 Å². The highest BCUT2D eigenvalue weighted by Crippen LogP contribution is 2.57. The SMILES string of the molecule is CCNC(=NCCc1ncc(CC)s1)NC1CC(OCC)C12CCC2. The highest BCUT2D eigenvalue weighted by atomic mass is 32.1. The minimum Gasteiger partial charge on any atom is -0.378 e. The summed E-state index contributed by atoms with van der Waals surface area (Å²) in [5.74, 6) is 0.945. The molecule has 2 saturated carbocycles. The molecule has 0 radical (unpaired) electrons. The molecule has 2 N–H and O–H groups in total. The molecule has 2 unspecified atom stereocenters. The van der Waals surface area contributed by atoms with E-state index in [1.165, 1.54) is 29.1 Å². The van der Waals surface area contributed by atoms with E-state index in [0.29, 0.717) is 17.6 Å². The second-order valence-corrected chi connectivity index (χ2v) is 8.25. The lowest BCUT2D eigenvalue weighted by molar-refractivity contribution is -0.168. The van der Waals surface area contributed by atoms with Crippen molar-refractivity contribution < 1.29 is 4.74 Å². The monoisotopic (exact) mass is 364 g/mol. The summed E-state index contributed by atoms with van der Waals surface area (Å²) in [6.45, 7) is 8.88. The Morgan fingerprint density at radius 1 is 1.40 bits per heavy atom. The Morgan fingerprint density at radius 2 is 2.24 bits per heavy atom. The molecule has 0 bridgehead atoms. The number of rotatable bonds is 8. The van der Waals surface area contributed by atoms with E-state index in [1.54, 1.807) is 0 Å². The van der Waals surface area contributed by atoms with E-state index in [4.69, 9.17) is 9.73 Å². The first kappa shape index (κ1) is 18.6. The fourth-order valence-corrected chi connectivity index (χ4v) is 4.87. The molecule has 0 aromatic carbocycles. The first-order valence-electron chi connectivity index (χ1n) is 9.81. The number of nitrogens with one attached hydrogen (secondary N) is 2. The number of aromatic nitrogens is 1. The zero-order valence-corrected chi connectivity index (χ0v) is 16.6. The minimum atomic E-state index is 0.359. The minimum absolute atomic E-state index is 0.359. The number of guanidine groups is 1. The van der Waals surface area contributed by atoms with E-state index in [9.17, 15) is 0 Å². The van der Waals surface area contributed by atoms with Gasteiger partial charge in [-0.05, 0) is 39.5 Å². The third-order valence-electron chi connectivity index (χ3n) is 5.64. The predicted octanol–water partition coefficient (Wildman–Crippen LogP) is 3.15. The second kappa shape index (κ2) is 8.49. The second-order valence-electron chi connectivity index (χ2n) is 7.05. The molecule has 2 fully saturated rings. The van der Waals surface area contributed by atoms with Crippen LogP contribution in [-0.2, 0) is 17.6 Å². The first-order chi connectivity index (χ1) is 12.2. The van der Waals surface area contributed by atoms with Gasteiger partial charge in [-0.25, -0.2) is 4.98 Å². The van der Waals surface area contributed by atoms with Crippen molar-refractivity contribution in [3.8, 4) is 0 Å². The zero-order valence-electron chi connectivity index (χ0n) is 15.8. The Morgan fingerprint density at radius 3 is 2.84 bits per heavy atom. The Hall–Kier alpha value is -1.14. The van der Waals surface area contributed by atoms with Gasteiger partial charge in [0.05, 0.1) is 11.1 Å². The highest BCUT2D eigenvalue weighted by Gasteiger charge is 2.59. The van der Waals surface area contributed by atoms with Crippen molar-refractivity contribution in [2.24, 2.45) is 10.4 Å². The van der Waals surface area contributed by atoms with Crippen molar-refractivity contribution in [1.82, 2.24) is 15.6 Å². The van der Waals surface area contributed by atoms with Gasteiger partial charge in [0.1, 0.15) is 0 Å². The topological polar surface area (TPSA) is 58.5 Å². The molecule has 140 valence electrons. The summed E-state index contributed by atoms with van der Waals surface area (Å²) in [7, 11) is 0. The maximum atomic E-state index is 5.95. The lowest BCUT2D eigenvalue weighted by atomic mass is 9.51. The number of aryl methyl sites for hydroxylation is 1. The molecular weight excluding hydrogens is 332 g/mol. The Balaban J connectivity index is 1.54. The van der Waals surface area contributed by atoms with Crippen molar-refractivity contribution in [2.45, 2.75) is 71.4 Å². The largest absolute Gasteiger partial charge is 0.378 e. The maximum absolute atomic E-state index is 5.95. The van der Waals surface area contributed by atoms with Crippen LogP contribution in [0.2, 0.25) is 0 Å². The van der Waals surface area contributed by atoms with Crippen molar-refractivity contribution in [3.05, 3.63) is 16.1 Å². The molecule has 0 saturated heterocycles. The molecule has 2 aliphatic carbocycles. The van der Waals surface area contributed by atoms with Crippen molar-refractivity contribution >= 4 is 17.3 Å². The standard InChI is InChI=1S/C19H32N4OS/c1-4-14-13-22-17(25-14)8-11-21-18(20-5-2)23-15-12-16(24-6-3)19(15)9-7-10-19/h13,15-16H,4-12H2,1-3H3,(H2,20,21,23). The summed E-state index contributed by atoms with van der Waals surface area (Å²) < 4.78 is 5.95. The zero-order chi connectivity index (χ0) is 17.7. The molecule has 1 spiro atoms. The van der Waals surface area contributed by atoms with Crippen LogP contribution >= 0.6 is 11.3 Å². The molecule has 25 heavy (non-hydrogen) atoms. The van der Waals surface area contributed by atoms with Gasteiger partial charge >= 0.3 is 0 Å². The van der Waals surface area contributed by atoms with Gasteiger partial charge in [-0.1, -0.05) is 13.3 Å². The first-order valence-corrected chi connectivity index (χ1v) is 10.6. The molecule has 0 aliphatic heterocycles. The average molecular weight is 365 g/mol. The summed E-state index contributed by atoms with van der Waals surface area (Å²) in [6.07, 6.45) is 9.42. The number of nitrogens with zero attached hydrogens (tertiary/aromatic N) is 2. The van der Waals surface area contributed by atoms with E-state index in [1.807, 2.05) is 17.5 Å². The average Bonchev–Trinajstić information content (AvgIpc) is 3.00. The predicted molar refractivity (Wildman–Crippen MR) is 104 cm³/mol. The van der Waals surface area contributed by atoms with Crippen molar-refractivity contribution in [2.75, 3.05) is 19.7 Å². The van der Waals surface area contributed by atoms with E-state index in [-0.39, 0.29) is 0 Å². The molecule has 5 nitrogen and oxygen atoms in total. The molecular formula is C19H32N4OS. The Kier molecular flexibility index (Phi) is 6.34. The summed E-state index contributed by atoms with van der Waals surface area (Å²) in [6, 6.07) is 0.502. The van der Waals surface area contributed by atoms with Crippen LogP contribution in [0.3, 0.4) is 0 Å². The summed E-state index contributed by atoms with van der Waals surface area (Å²) in [4.78, 5) is 10.6. The molecule has 1 aromatic rings. The van der Waals surface area contributed by atoms with Gasteiger partial charge < -0.3 is 15.4 Å². The lowest BCUT2D eigenvalue weighted by Gasteiger charge is -2.61. The lowest BCUT2D eigenvalue weighted by Crippen LogP contribution is -2.68. The smallest absolute Gasteiger partial charge is 0.191 e. The fourth-order valence-electron chi connectivity index (χ4n) is 4.02. The highest BCUT2D eigenvalue weighted by molar-refractivity contribution is 7.11. The van der Waals surface area contributed by atoms with Crippen LogP contribution in [0, 0.1) is 5.41 Å². The molecule has 1 aromatic heterocycles. The van der Waals surface area contributed by atoms with Gasteiger partial charge in [0.15, 0.2) is 5.96 Å². The molecule has 3 rings (SSSR count). The Bertz CT molecular complexity index is 582. The van der Waals surface area contributed by atoms with Crippen LogP contribution < -0.4 is 10.6 Å². The van der Waals surface area contributed by atoms with Crippen LogP contribution in [-0.4, -0.2) is 42.8 Å². The van der Waals surface area contributed by atoms with Gasteiger partial charge in [-0.2, -0.15) is 0 Å². The van der Waals surface area contributed by atoms with Crippen LogP contribution in [0.25, 0.3) is 0 Å². The van der Waals surface area contributed by atoms with E-state index in [0.717, 1.165) is 44.9 Å². The van der Waals surface area contributed by atoms with Crippen LogP contribution in [0.4, 0.5) is 0 Å². The molecule has 0 amide bonds. The van der Waals surface area contributed by atoms with E-state index < -0.39 is 0 Å². The summed E-state index contributed by atoms with van der Waals surface area (Å²) in [5, 5.41) is 8.27. The normalized spacial score (nSPS) is 24.7. The van der Waals surface area contributed by atoms with E-state index >= 15 is 0 Å². The van der Waals surface area contributed by atoms with E-state index in [2.05, 4.69) is 36.4 Å². The van der Waals surface area contributed by atoms with Gasteiger partial charge in [-0.3, -0.25) is 4.99 Å². The van der Waals surface area contributed by atoms with Crippen molar-refractivity contribution in [1.29, 1.82) is 0 Å². The molecule has 2 aliphatic rings. The summed E-state index contributed by atoms with van der Waals surface area (Å²) in [5.41, 5.74) is 0.359. The van der Waals surface area contributed by atoms with Gasteiger partial charge in [-0.15, -0.1) is 11.3 Å². The van der Waals surface area contributed by atoms with Crippen LogP contribution in [0.1, 0.15) is 56.3 Å². The fraction of sp³-hybridized carbons (Fsp3) is 0.789. The number of hydrogen-bond donors (Lipinski definition) is 2. The number of aliphatic imine (C=N–C) groups is 1. The van der Waals surface area contributed by atoms with Crippen LogP contribution in [0.5, 0.6) is 0 Å². The molecule has 6 heteroatoms. The summed E-state index contributed by atoms with van der Waals surface area (Å²) >= 11 is 1.81. The van der Waals surface area contributed by atoms with Gasteiger partial charge in [0.25, 0.3) is 0 Å². The molecule has 1 heterocycles. The quantitative estimate of drug-likeness (QED) is 0.549. The third-order valence-corrected chi connectivity index (χ3v) is 6.84. The number of thiazole rings is 1. The number of ether oxygens (including phenoxy) is 1. The van der Waals surface area contributed by atoms with Crippen LogP contribution in [0.15, 0.2) is 11.2 Å². The number of hydrogen-bond acceptors (Lipinski definition) is 4. The van der Waals surface area contributed by atoms with Gasteiger partial charge in [0, 0.05) is 48.6 Å². The molecule has 2 atom stereocenters.